The first kappa shape index (κ1) is 14.3. The number of carbonyl (C=O) groups excluding carboxylic acids is 1. The molecule has 0 aromatic heterocycles. The topological polar surface area (TPSA) is 26.3 Å². The Morgan fingerprint density at radius 1 is 1.05 bits per heavy atom. The molecular weight excluding hydrogens is 328 g/mol. The molecule has 2 rings (SSSR count). The summed E-state index contributed by atoms with van der Waals surface area (Å²) in [5, 5.41) is 0.618. The van der Waals surface area contributed by atoms with E-state index >= 15 is 0 Å². The molecule has 0 atom stereocenters. The van der Waals surface area contributed by atoms with Crippen LogP contribution in [0.25, 0.3) is 0 Å². The highest BCUT2D eigenvalue weighted by Gasteiger charge is 2.05. The van der Waals surface area contributed by atoms with Crippen molar-refractivity contribution in [2.24, 2.45) is 0 Å². The largest absolute Gasteiger partial charge is 0.369 e. The number of hydrogen-bond donors (Lipinski definition) is 0. The summed E-state index contributed by atoms with van der Waals surface area (Å²) in [5.41, 5.74) is 1.65. The lowest BCUT2D eigenvalue weighted by Crippen LogP contribution is -2.08. The number of ether oxygens (including phenoxy) is 1. The zero-order chi connectivity index (χ0) is 13.7. The van der Waals surface area contributed by atoms with E-state index in [-0.39, 0.29) is 12.4 Å². The molecular formula is C15H12BrClO2. The van der Waals surface area contributed by atoms with Crippen LogP contribution in [0.15, 0.2) is 53.0 Å². The Kier molecular flexibility index (Phi) is 5.14. The first-order valence-electron chi connectivity index (χ1n) is 5.76. The number of hydrogen-bond acceptors (Lipinski definition) is 2. The van der Waals surface area contributed by atoms with Gasteiger partial charge in [0.1, 0.15) is 6.61 Å². The lowest BCUT2D eigenvalue weighted by molar-refractivity contribution is 0.0726. The minimum Gasteiger partial charge on any atom is -0.369 e. The predicted octanol–water partition coefficient (Wildman–Crippen LogP) is 4.50. The lowest BCUT2D eigenvalue weighted by atomic mass is 10.1. The van der Waals surface area contributed by atoms with Gasteiger partial charge in [0.25, 0.3) is 0 Å². The summed E-state index contributed by atoms with van der Waals surface area (Å²) in [6.07, 6.45) is 0. The maximum absolute atomic E-state index is 11.8. The fourth-order valence-electron chi connectivity index (χ4n) is 1.56. The number of benzene rings is 2. The minimum absolute atomic E-state index is 0.0474. The molecule has 2 aromatic carbocycles. The monoisotopic (exact) mass is 338 g/mol. The van der Waals surface area contributed by atoms with Gasteiger partial charge in [-0.2, -0.15) is 0 Å². The second-order valence-corrected chi connectivity index (χ2v) is 5.40. The zero-order valence-corrected chi connectivity index (χ0v) is 12.4. The zero-order valence-electron chi connectivity index (χ0n) is 10.1. The van der Waals surface area contributed by atoms with E-state index in [1.807, 2.05) is 24.3 Å². The number of carbonyl (C=O) groups is 1. The molecule has 98 valence electrons. The molecule has 0 aliphatic heterocycles. The van der Waals surface area contributed by atoms with Gasteiger partial charge in [-0.3, -0.25) is 4.79 Å². The highest BCUT2D eigenvalue weighted by molar-refractivity contribution is 9.10. The van der Waals surface area contributed by atoms with Gasteiger partial charge in [0, 0.05) is 15.1 Å². The van der Waals surface area contributed by atoms with Crippen LogP contribution in [0.2, 0.25) is 5.02 Å². The summed E-state index contributed by atoms with van der Waals surface area (Å²) in [6.45, 7) is 0.490. The maximum Gasteiger partial charge on any atom is 0.188 e. The molecule has 19 heavy (non-hydrogen) atoms. The average molecular weight is 340 g/mol. The van der Waals surface area contributed by atoms with Crippen molar-refractivity contribution in [1.29, 1.82) is 0 Å². The quantitative estimate of drug-likeness (QED) is 0.750. The normalized spacial score (nSPS) is 10.4. The first-order chi connectivity index (χ1) is 9.15. The number of rotatable bonds is 5. The summed E-state index contributed by atoms with van der Waals surface area (Å²) in [7, 11) is 0. The molecule has 0 saturated heterocycles. The van der Waals surface area contributed by atoms with Crippen molar-refractivity contribution in [3.63, 3.8) is 0 Å². The van der Waals surface area contributed by atoms with E-state index in [0.29, 0.717) is 17.2 Å². The third-order valence-corrected chi connectivity index (χ3v) is 3.36. The van der Waals surface area contributed by atoms with E-state index in [9.17, 15) is 4.79 Å². The molecule has 0 amide bonds. The summed E-state index contributed by atoms with van der Waals surface area (Å²) in [4.78, 5) is 11.8. The van der Waals surface area contributed by atoms with Crippen LogP contribution >= 0.6 is 27.5 Å². The van der Waals surface area contributed by atoms with E-state index < -0.39 is 0 Å². The van der Waals surface area contributed by atoms with Crippen LogP contribution in [0.3, 0.4) is 0 Å². The Labute approximate surface area is 125 Å². The first-order valence-corrected chi connectivity index (χ1v) is 6.93. The molecule has 0 aliphatic rings. The molecule has 0 heterocycles. The summed E-state index contributed by atoms with van der Waals surface area (Å²) in [5.74, 6) is -0.0474. The molecule has 0 radical (unpaired) electrons. The van der Waals surface area contributed by atoms with Crippen molar-refractivity contribution in [1.82, 2.24) is 0 Å². The fraction of sp³-hybridized carbons (Fsp3) is 0.133. The van der Waals surface area contributed by atoms with Crippen molar-refractivity contribution in [2.45, 2.75) is 6.61 Å². The Balaban J connectivity index is 1.84. The molecule has 0 saturated carbocycles. The van der Waals surface area contributed by atoms with Crippen LogP contribution in [-0.4, -0.2) is 12.4 Å². The second kappa shape index (κ2) is 6.85. The number of halogens is 2. The molecule has 2 aromatic rings. The third kappa shape index (κ3) is 4.46. The molecule has 0 spiro atoms. The highest BCUT2D eigenvalue weighted by Crippen LogP contribution is 2.12. The Hall–Kier alpha value is -1.16. The predicted molar refractivity (Wildman–Crippen MR) is 79.6 cm³/mol. The van der Waals surface area contributed by atoms with Gasteiger partial charge >= 0.3 is 0 Å². The van der Waals surface area contributed by atoms with Gasteiger partial charge in [-0.15, -0.1) is 0 Å². The molecule has 4 heteroatoms. The summed E-state index contributed by atoms with van der Waals surface area (Å²) < 4.78 is 6.43. The summed E-state index contributed by atoms with van der Waals surface area (Å²) >= 11 is 9.13. The van der Waals surface area contributed by atoms with Gasteiger partial charge in [-0.05, 0) is 42.0 Å². The van der Waals surface area contributed by atoms with Crippen LogP contribution < -0.4 is 0 Å². The van der Waals surface area contributed by atoms with Crippen LogP contribution in [-0.2, 0) is 11.3 Å². The molecule has 0 unspecified atom stereocenters. The minimum atomic E-state index is -0.0474. The van der Waals surface area contributed by atoms with Gasteiger partial charge in [-0.1, -0.05) is 39.7 Å². The third-order valence-electron chi connectivity index (χ3n) is 2.58. The van der Waals surface area contributed by atoms with Crippen molar-refractivity contribution in [2.75, 3.05) is 6.61 Å². The smallest absolute Gasteiger partial charge is 0.188 e. The van der Waals surface area contributed by atoms with Crippen LogP contribution in [0.1, 0.15) is 15.9 Å². The standard InChI is InChI=1S/C15H12BrClO2/c16-13-5-1-11(2-6-13)9-19-10-15(18)12-3-7-14(17)8-4-12/h1-8H,9-10H2. The van der Waals surface area contributed by atoms with Crippen molar-refractivity contribution < 1.29 is 9.53 Å². The van der Waals surface area contributed by atoms with Crippen molar-refractivity contribution in [3.05, 3.63) is 69.2 Å². The average Bonchev–Trinajstić information content (AvgIpc) is 2.41. The molecule has 0 fully saturated rings. The van der Waals surface area contributed by atoms with Crippen molar-refractivity contribution in [3.8, 4) is 0 Å². The van der Waals surface area contributed by atoms with Crippen LogP contribution in [0, 0.1) is 0 Å². The van der Waals surface area contributed by atoms with E-state index in [1.54, 1.807) is 24.3 Å². The summed E-state index contributed by atoms with van der Waals surface area (Å²) in [6, 6.07) is 14.6. The van der Waals surface area contributed by atoms with Gasteiger partial charge in [0.15, 0.2) is 5.78 Å². The van der Waals surface area contributed by atoms with E-state index in [0.717, 1.165) is 10.0 Å². The molecule has 0 aliphatic carbocycles. The van der Waals surface area contributed by atoms with E-state index in [4.69, 9.17) is 16.3 Å². The van der Waals surface area contributed by atoms with Gasteiger partial charge < -0.3 is 4.74 Å². The molecule has 2 nitrogen and oxygen atoms in total. The fourth-order valence-corrected chi connectivity index (χ4v) is 1.95. The number of ketones is 1. The van der Waals surface area contributed by atoms with E-state index in [2.05, 4.69) is 15.9 Å². The van der Waals surface area contributed by atoms with Gasteiger partial charge in [0.2, 0.25) is 0 Å². The molecule has 0 N–H and O–H groups in total. The maximum atomic E-state index is 11.8. The SMILES string of the molecule is O=C(COCc1ccc(Br)cc1)c1ccc(Cl)cc1. The lowest BCUT2D eigenvalue weighted by Gasteiger charge is -2.04. The van der Waals surface area contributed by atoms with E-state index in [1.165, 1.54) is 0 Å². The van der Waals surface area contributed by atoms with Crippen molar-refractivity contribution >= 4 is 33.3 Å². The van der Waals surface area contributed by atoms with Gasteiger partial charge in [0.05, 0.1) is 6.61 Å². The van der Waals surface area contributed by atoms with Crippen LogP contribution in [0.4, 0.5) is 0 Å². The Bertz CT molecular complexity index is 549. The van der Waals surface area contributed by atoms with Gasteiger partial charge in [-0.25, -0.2) is 0 Å². The number of Topliss-reactive ketones (excluding diaryl/α,β-unsaturated/α-hetero) is 1. The Morgan fingerprint density at radius 3 is 2.32 bits per heavy atom. The van der Waals surface area contributed by atoms with Crippen LogP contribution in [0.5, 0.6) is 0 Å². The molecule has 0 bridgehead atoms. The second-order valence-electron chi connectivity index (χ2n) is 4.05. The highest BCUT2D eigenvalue weighted by atomic mass is 79.9. The Morgan fingerprint density at radius 2 is 1.68 bits per heavy atom.